The Morgan fingerprint density at radius 2 is 1.76 bits per heavy atom. The van der Waals surface area contributed by atoms with Crippen LogP contribution in [0, 0.1) is 6.92 Å². The van der Waals surface area contributed by atoms with Gasteiger partial charge < -0.3 is 0 Å². The number of piperidine rings is 1. The van der Waals surface area contributed by atoms with Crippen molar-refractivity contribution in [1.82, 2.24) is 9.21 Å². The van der Waals surface area contributed by atoms with Gasteiger partial charge in [-0.25, -0.2) is 8.42 Å². The molecule has 1 aromatic rings. The lowest BCUT2D eigenvalue weighted by Crippen LogP contribution is -2.44. The second-order valence-corrected chi connectivity index (χ2v) is 9.58. The third-order valence-electron chi connectivity index (χ3n) is 4.52. The van der Waals surface area contributed by atoms with Gasteiger partial charge in [0.15, 0.2) is 0 Å². The van der Waals surface area contributed by atoms with Crippen LogP contribution < -0.4 is 0 Å². The van der Waals surface area contributed by atoms with Crippen molar-refractivity contribution in [2.75, 3.05) is 24.6 Å². The second kappa shape index (κ2) is 7.47. The maximum atomic E-state index is 12.8. The molecule has 2 aliphatic heterocycles. The molecule has 0 radical (unpaired) electrons. The van der Waals surface area contributed by atoms with Crippen LogP contribution in [0.25, 0.3) is 0 Å². The van der Waals surface area contributed by atoms with E-state index in [2.05, 4.69) is 0 Å². The monoisotopic (exact) mass is 382 g/mol. The summed E-state index contributed by atoms with van der Waals surface area (Å²) in [7, 11) is -3.55. The van der Waals surface area contributed by atoms with Crippen LogP contribution in [-0.2, 0) is 19.6 Å². The van der Waals surface area contributed by atoms with E-state index in [1.165, 1.54) is 4.31 Å². The number of likely N-dealkylation sites (tertiary alicyclic amines) is 1. The van der Waals surface area contributed by atoms with E-state index in [0.717, 1.165) is 21.8 Å². The zero-order chi connectivity index (χ0) is 18.0. The molecule has 2 amide bonds. The lowest BCUT2D eigenvalue weighted by molar-refractivity contribution is -0.147. The summed E-state index contributed by atoms with van der Waals surface area (Å²) in [4.78, 5) is 24.8. The van der Waals surface area contributed by atoms with Gasteiger partial charge in [0.25, 0.3) is 0 Å². The number of hydrogen-bond acceptors (Lipinski definition) is 5. The molecule has 2 fully saturated rings. The summed E-state index contributed by atoms with van der Waals surface area (Å²) in [6.45, 7) is 2.39. The Labute approximate surface area is 152 Å². The molecular weight excluding hydrogens is 360 g/mol. The van der Waals surface area contributed by atoms with Crippen LogP contribution >= 0.6 is 11.8 Å². The van der Waals surface area contributed by atoms with Crippen LogP contribution in [0.3, 0.4) is 0 Å². The summed E-state index contributed by atoms with van der Waals surface area (Å²) in [6, 6.07) is 7.87. The first-order valence-corrected chi connectivity index (χ1v) is 11.1. The number of nitrogens with zero attached hydrogens (tertiary/aromatic N) is 2. The van der Waals surface area contributed by atoms with Gasteiger partial charge in [-0.15, -0.1) is 11.8 Å². The van der Waals surface area contributed by atoms with E-state index in [0.29, 0.717) is 25.8 Å². The van der Waals surface area contributed by atoms with Crippen LogP contribution in [0.2, 0.25) is 0 Å². The van der Waals surface area contributed by atoms with Crippen molar-refractivity contribution in [2.24, 2.45) is 0 Å². The third-order valence-corrected chi connectivity index (χ3v) is 7.73. The molecule has 0 aliphatic carbocycles. The number of sulfonamides is 1. The average molecular weight is 383 g/mol. The molecule has 1 unspecified atom stereocenters. The third kappa shape index (κ3) is 4.07. The second-order valence-electron chi connectivity index (χ2n) is 6.35. The van der Waals surface area contributed by atoms with Gasteiger partial charge >= 0.3 is 0 Å². The molecule has 0 N–H and O–H groups in total. The van der Waals surface area contributed by atoms with Crippen molar-refractivity contribution >= 4 is 33.6 Å². The summed E-state index contributed by atoms with van der Waals surface area (Å²) in [6.07, 6.45) is 1.19. The zero-order valence-corrected chi connectivity index (χ0v) is 15.8. The lowest BCUT2D eigenvalue weighted by atomic mass is 10.1. The molecule has 1 aromatic carbocycles. The van der Waals surface area contributed by atoms with Gasteiger partial charge in [0, 0.05) is 31.7 Å². The maximum Gasteiger partial charge on any atom is 0.229 e. The van der Waals surface area contributed by atoms with Gasteiger partial charge in [0.1, 0.15) is 0 Å². The summed E-state index contributed by atoms with van der Waals surface area (Å²) >= 11 is 1.60. The molecule has 2 saturated heterocycles. The predicted molar refractivity (Wildman–Crippen MR) is 97.4 cm³/mol. The van der Waals surface area contributed by atoms with Gasteiger partial charge in [0.2, 0.25) is 21.8 Å². The molecule has 3 rings (SSSR count). The number of carbonyl (C=O) groups is 2. The Morgan fingerprint density at radius 3 is 2.40 bits per heavy atom. The molecule has 136 valence electrons. The smallest absolute Gasteiger partial charge is 0.229 e. The van der Waals surface area contributed by atoms with Crippen LogP contribution in [0.15, 0.2) is 24.3 Å². The Hall–Kier alpha value is -1.38. The summed E-state index contributed by atoms with van der Waals surface area (Å²) in [5.74, 6) is -0.0121. The number of aryl methyl sites for hydroxylation is 1. The summed E-state index contributed by atoms with van der Waals surface area (Å²) in [5, 5.41) is -0.238. The highest BCUT2D eigenvalue weighted by Crippen LogP contribution is 2.39. The Bertz CT molecular complexity index is 745. The standard InChI is InChI=1S/C17H22N2O4S2/c1-13-5-7-14(8-6-13)17-19(9-11-24-17)25(22,23)12-10-18-15(20)3-2-4-16(18)21/h5-8,17H,2-4,9-12H2,1H3. The topological polar surface area (TPSA) is 74.8 Å². The fourth-order valence-electron chi connectivity index (χ4n) is 3.11. The van der Waals surface area contributed by atoms with E-state index >= 15 is 0 Å². The maximum absolute atomic E-state index is 12.8. The average Bonchev–Trinajstić information content (AvgIpc) is 3.05. The Kier molecular flexibility index (Phi) is 5.50. The fraction of sp³-hybridized carbons (Fsp3) is 0.529. The van der Waals surface area contributed by atoms with Crippen molar-refractivity contribution in [3.05, 3.63) is 35.4 Å². The quantitative estimate of drug-likeness (QED) is 0.727. The van der Waals surface area contributed by atoms with E-state index in [9.17, 15) is 18.0 Å². The van der Waals surface area contributed by atoms with Crippen LogP contribution in [-0.4, -0.2) is 54.0 Å². The van der Waals surface area contributed by atoms with E-state index < -0.39 is 10.0 Å². The number of carbonyl (C=O) groups excluding carboxylic acids is 2. The Balaban J connectivity index is 1.71. The van der Waals surface area contributed by atoms with E-state index in [4.69, 9.17) is 0 Å². The summed E-state index contributed by atoms with van der Waals surface area (Å²) < 4.78 is 27.1. The van der Waals surface area contributed by atoms with E-state index in [1.807, 2.05) is 31.2 Å². The first-order valence-electron chi connectivity index (χ1n) is 8.39. The first kappa shape index (κ1) is 18.4. The molecule has 25 heavy (non-hydrogen) atoms. The Morgan fingerprint density at radius 1 is 1.12 bits per heavy atom. The van der Waals surface area contributed by atoms with Crippen molar-refractivity contribution < 1.29 is 18.0 Å². The highest BCUT2D eigenvalue weighted by Gasteiger charge is 2.36. The molecular formula is C17H22N2O4S2. The molecule has 1 atom stereocenters. The van der Waals surface area contributed by atoms with Crippen LogP contribution in [0.4, 0.5) is 0 Å². The van der Waals surface area contributed by atoms with Gasteiger partial charge in [0.05, 0.1) is 11.1 Å². The van der Waals surface area contributed by atoms with Gasteiger partial charge in [-0.3, -0.25) is 14.5 Å². The molecule has 0 saturated carbocycles. The van der Waals surface area contributed by atoms with Crippen LogP contribution in [0.5, 0.6) is 0 Å². The highest BCUT2D eigenvalue weighted by molar-refractivity contribution is 8.00. The number of thioether (sulfide) groups is 1. The zero-order valence-electron chi connectivity index (χ0n) is 14.2. The number of hydrogen-bond donors (Lipinski definition) is 0. The molecule has 0 aromatic heterocycles. The minimum absolute atomic E-state index is 0.0538. The summed E-state index contributed by atoms with van der Waals surface area (Å²) in [5.41, 5.74) is 2.09. The normalized spacial score (nSPS) is 22.6. The molecule has 0 spiro atoms. The van der Waals surface area contributed by atoms with Gasteiger partial charge in [-0.1, -0.05) is 29.8 Å². The minimum Gasteiger partial charge on any atom is -0.282 e. The van der Waals surface area contributed by atoms with E-state index in [-0.39, 0.29) is 29.5 Å². The number of benzene rings is 1. The fourth-order valence-corrected chi connectivity index (χ4v) is 6.38. The highest BCUT2D eigenvalue weighted by atomic mass is 32.2. The van der Waals surface area contributed by atoms with Crippen molar-refractivity contribution in [3.63, 3.8) is 0 Å². The number of rotatable bonds is 5. The first-order chi connectivity index (χ1) is 11.9. The van der Waals surface area contributed by atoms with Crippen molar-refractivity contribution in [3.8, 4) is 0 Å². The molecule has 2 aliphatic rings. The predicted octanol–water partition coefficient (Wildman–Crippen LogP) is 1.91. The SMILES string of the molecule is Cc1ccc(C2SCCN2S(=O)(=O)CCN2C(=O)CCCC2=O)cc1. The van der Waals surface area contributed by atoms with Gasteiger partial charge in [-0.2, -0.15) is 4.31 Å². The van der Waals surface area contributed by atoms with E-state index in [1.54, 1.807) is 11.8 Å². The van der Waals surface area contributed by atoms with Crippen molar-refractivity contribution in [2.45, 2.75) is 31.6 Å². The molecule has 0 bridgehead atoms. The molecule has 2 heterocycles. The number of imide groups is 1. The lowest BCUT2D eigenvalue weighted by Gasteiger charge is -2.27. The molecule has 8 heteroatoms. The van der Waals surface area contributed by atoms with Crippen molar-refractivity contribution in [1.29, 1.82) is 0 Å². The largest absolute Gasteiger partial charge is 0.282 e. The van der Waals surface area contributed by atoms with Gasteiger partial charge in [-0.05, 0) is 18.9 Å². The number of amides is 2. The molecule has 6 nitrogen and oxygen atoms in total. The van der Waals surface area contributed by atoms with Crippen LogP contribution in [0.1, 0.15) is 35.8 Å². The minimum atomic E-state index is -3.55.